The standard InChI is InChI=1S/C15H24N2O3/c1-16(2)7-8-17(11-14-6-4-10-20-14)15(18)13-5-3-9-19-12-13/h4,6,10,13H,3,5,7-9,11-12H2,1-2H3. The van der Waals surface area contributed by atoms with Crippen LogP contribution in [-0.4, -0.2) is 56.1 Å². The minimum absolute atomic E-state index is 0.000810. The molecule has 1 aromatic heterocycles. The third-order valence-corrected chi connectivity index (χ3v) is 3.57. The minimum atomic E-state index is 0.000810. The predicted octanol–water partition coefficient (Wildman–Crippen LogP) is 1.60. The zero-order chi connectivity index (χ0) is 14.4. The number of nitrogens with zero attached hydrogens (tertiary/aromatic N) is 2. The Morgan fingerprint density at radius 1 is 1.40 bits per heavy atom. The Labute approximate surface area is 120 Å². The van der Waals surface area contributed by atoms with Gasteiger partial charge >= 0.3 is 0 Å². The highest BCUT2D eigenvalue weighted by molar-refractivity contribution is 5.79. The van der Waals surface area contributed by atoms with Crippen molar-refractivity contribution < 1.29 is 13.9 Å². The monoisotopic (exact) mass is 280 g/mol. The van der Waals surface area contributed by atoms with Crippen LogP contribution < -0.4 is 0 Å². The summed E-state index contributed by atoms with van der Waals surface area (Å²) >= 11 is 0. The number of carbonyl (C=O) groups is 1. The molecule has 1 amide bonds. The van der Waals surface area contributed by atoms with Gasteiger partial charge in [-0.15, -0.1) is 0 Å². The number of amides is 1. The van der Waals surface area contributed by atoms with Crippen LogP contribution in [0.5, 0.6) is 0 Å². The van der Waals surface area contributed by atoms with E-state index in [-0.39, 0.29) is 11.8 Å². The summed E-state index contributed by atoms with van der Waals surface area (Å²) in [5.41, 5.74) is 0. The molecule has 0 spiro atoms. The molecule has 0 bridgehead atoms. The van der Waals surface area contributed by atoms with Crippen molar-refractivity contribution in [2.24, 2.45) is 5.92 Å². The molecule has 1 aromatic rings. The smallest absolute Gasteiger partial charge is 0.228 e. The van der Waals surface area contributed by atoms with Gasteiger partial charge in [-0.2, -0.15) is 0 Å². The topological polar surface area (TPSA) is 45.9 Å². The van der Waals surface area contributed by atoms with E-state index in [4.69, 9.17) is 9.15 Å². The van der Waals surface area contributed by atoms with E-state index in [1.807, 2.05) is 31.1 Å². The lowest BCUT2D eigenvalue weighted by molar-refractivity contribution is -0.140. The predicted molar refractivity (Wildman–Crippen MR) is 76.2 cm³/mol. The first-order valence-electron chi connectivity index (χ1n) is 7.20. The van der Waals surface area contributed by atoms with Crippen molar-refractivity contribution in [3.63, 3.8) is 0 Å². The van der Waals surface area contributed by atoms with Crippen molar-refractivity contribution in [1.29, 1.82) is 0 Å². The van der Waals surface area contributed by atoms with Crippen molar-refractivity contribution in [3.8, 4) is 0 Å². The van der Waals surface area contributed by atoms with E-state index in [0.717, 1.165) is 31.8 Å². The number of likely N-dealkylation sites (N-methyl/N-ethyl adjacent to an activating group) is 1. The van der Waals surface area contributed by atoms with Crippen LogP contribution in [0.1, 0.15) is 18.6 Å². The van der Waals surface area contributed by atoms with Gasteiger partial charge in [0, 0.05) is 19.7 Å². The first-order chi connectivity index (χ1) is 9.66. The third-order valence-electron chi connectivity index (χ3n) is 3.57. The molecule has 2 heterocycles. The lowest BCUT2D eigenvalue weighted by Gasteiger charge is -2.29. The van der Waals surface area contributed by atoms with E-state index >= 15 is 0 Å². The maximum atomic E-state index is 12.6. The highest BCUT2D eigenvalue weighted by atomic mass is 16.5. The fourth-order valence-electron chi connectivity index (χ4n) is 2.37. The fraction of sp³-hybridized carbons (Fsp3) is 0.667. The molecule has 1 atom stereocenters. The number of hydrogen-bond donors (Lipinski definition) is 0. The summed E-state index contributed by atoms with van der Waals surface area (Å²) in [6.07, 6.45) is 3.54. The van der Waals surface area contributed by atoms with Gasteiger partial charge in [-0.25, -0.2) is 0 Å². The Hall–Kier alpha value is -1.33. The summed E-state index contributed by atoms with van der Waals surface area (Å²) in [6.45, 7) is 3.42. The van der Waals surface area contributed by atoms with E-state index in [0.29, 0.717) is 19.7 Å². The van der Waals surface area contributed by atoms with Crippen LogP contribution in [0.3, 0.4) is 0 Å². The minimum Gasteiger partial charge on any atom is -0.467 e. The number of rotatable bonds is 6. The molecular weight excluding hydrogens is 256 g/mol. The van der Waals surface area contributed by atoms with Crippen molar-refractivity contribution in [1.82, 2.24) is 9.80 Å². The molecule has 0 radical (unpaired) electrons. The molecule has 1 fully saturated rings. The first-order valence-corrected chi connectivity index (χ1v) is 7.20. The Morgan fingerprint density at radius 3 is 2.85 bits per heavy atom. The molecule has 0 aliphatic carbocycles. The molecule has 1 aliphatic rings. The van der Waals surface area contributed by atoms with E-state index in [2.05, 4.69) is 4.90 Å². The summed E-state index contributed by atoms with van der Waals surface area (Å²) < 4.78 is 10.8. The average Bonchev–Trinajstić information content (AvgIpc) is 2.96. The molecule has 1 aliphatic heterocycles. The normalized spacial score (nSPS) is 19.2. The molecule has 0 saturated carbocycles. The Kier molecular flexibility index (Phi) is 5.61. The van der Waals surface area contributed by atoms with Gasteiger partial charge in [0.05, 0.1) is 25.3 Å². The lowest BCUT2D eigenvalue weighted by Crippen LogP contribution is -2.42. The van der Waals surface area contributed by atoms with Crippen LogP contribution in [0.2, 0.25) is 0 Å². The third kappa shape index (κ3) is 4.35. The molecule has 0 aromatic carbocycles. The second-order valence-corrected chi connectivity index (χ2v) is 5.56. The first kappa shape index (κ1) is 15.1. The van der Waals surface area contributed by atoms with Crippen LogP contribution in [0.4, 0.5) is 0 Å². The summed E-state index contributed by atoms with van der Waals surface area (Å²) in [5, 5.41) is 0. The lowest BCUT2D eigenvalue weighted by atomic mass is 10.0. The maximum absolute atomic E-state index is 12.6. The summed E-state index contributed by atoms with van der Waals surface area (Å²) in [5.74, 6) is 1.01. The fourth-order valence-corrected chi connectivity index (χ4v) is 2.37. The van der Waals surface area contributed by atoms with Gasteiger partial charge in [0.15, 0.2) is 0 Å². The van der Waals surface area contributed by atoms with E-state index in [9.17, 15) is 4.79 Å². The molecule has 5 heteroatoms. The molecule has 0 N–H and O–H groups in total. The molecular formula is C15H24N2O3. The summed E-state index contributed by atoms with van der Waals surface area (Å²) in [7, 11) is 4.03. The zero-order valence-corrected chi connectivity index (χ0v) is 12.4. The van der Waals surface area contributed by atoms with Gasteiger partial charge in [0.2, 0.25) is 5.91 Å². The largest absolute Gasteiger partial charge is 0.467 e. The van der Waals surface area contributed by atoms with Gasteiger partial charge in [-0.1, -0.05) is 0 Å². The van der Waals surface area contributed by atoms with E-state index in [1.165, 1.54) is 0 Å². The van der Waals surface area contributed by atoms with E-state index < -0.39 is 0 Å². The van der Waals surface area contributed by atoms with Gasteiger partial charge in [0.25, 0.3) is 0 Å². The second-order valence-electron chi connectivity index (χ2n) is 5.56. The number of hydrogen-bond acceptors (Lipinski definition) is 4. The van der Waals surface area contributed by atoms with Crippen molar-refractivity contribution >= 4 is 5.91 Å². The highest BCUT2D eigenvalue weighted by Gasteiger charge is 2.27. The molecule has 5 nitrogen and oxygen atoms in total. The number of furan rings is 1. The van der Waals surface area contributed by atoms with Crippen molar-refractivity contribution in [2.45, 2.75) is 19.4 Å². The SMILES string of the molecule is CN(C)CCN(Cc1ccco1)C(=O)C1CCCOC1. The Morgan fingerprint density at radius 2 is 2.25 bits per heavy atom. The van der Waals surface area contributed by atoms with Gasteiger partial charge < -0.3 is 19.0 Å². The van der Waals surface area contributed by atoms with Crippen LogP contribution in [0, 0.1) is 5.92 Å². The molecule has 2 rings (SSSR count). The van der Waals surface area contributed by atoms with Gasteiger partial charge in [-0.05, 0) is 39.1 Å². The van der Waals surface area contributed by atoms with E-state index in [1.54, 1.807) is 6.26 Å². The molecule has 1 unspecified atom stereocenters. The van der Waals surface area contributed by atoms with Gasteiger partial charge in [-0.3, -0.25) is 4.79 Å². The van der Waals surface area contributed by atoms with Crippen molar-refractivity contribution in [3.05, 3.63) is 24.2 Å². The van der Waals surface area contributed by atoms with Crippen LogP contribution in [-0.2, 0) is 16.1 Å². The highest BCUT2D eigenvalue weighted by Crippen LogP contribution is 2.18. The van der Waals surface area contributed by atoms with Crippen LogP contribution in [0.15, 0.2) is 22.8 Å². The summed E-state index contributed by atoms with van der Waals surface area (Å²) in [6, 6.07) is 3.76. The Bertz CT molecular complexity index is 397. The van der Waals surface area contributed by atoms with Gasteiger partial charge in [0.1, 0.15) is 5.76 Å². The van der Waals surface area contributed by atoms with Crippen LogP contribution in [0.25, 0.3) is 0 Å². The molecule has 20 heavy (non-hydrogen) atoms. The maximum Gasteiger partial charge on any atom is 0.228 e. The Balaban J connectivity index is 1.98. The summed E-state index contributed by atoms with van der Waals surface area (Å²) in [4.78, 5) is 16.6. The number of ether oxygens (including phenoxy) is 1. The quantitative estimate of drug-likeness (QED) is 0.794. The van der Waals surface area contributed by atoms with Crippen LogP contribution >= 0.6 is 0 Å². The number of carbonyl (C=O) groups excluding carboxylic acids is 1. The zero-order valence-electron chi connectivity index (χ0n) is 12.4. The molecule has 112 valence electrons. The second kappa shape index (κ2) is 7.45. The average molecular weight is 280 g/mol. The molecule has 1 saturated heterocycles. The van der Waals surface area contributed by atoms with Crippen molar-refractivity contribution in [2.75, 3.05) is 40.4 Å².